The van der Waals surface area contributed by atoms with Crippen LogP contribution in [0.15, 0.2) is 0 Å². The van der Waals surface area contributed by atoms with Crippen molar-refractivity contribution in [2.75, 3.05) is 0 Å². The van der Waals surface area contributed by atoms with Gasteiger partial charge in [-0.15, -0.1) is 0 Å². The molecule has 0 aromatic carbocycles. The first-order valence-electron chi connectivity index (χ1n) is 4.04. The molecular weight excluding hydrogens is 345 g/mol. The molecule has 0 radical (unpaired) electrons. The van der Waals surface area contributed by atoms with Crippen molar-refractivity contribution in [1.82, 2.24) is 0 Å². The second-order valence-electron chi connectivity index (χ2n) is 2.87. The van der Waals surface area contributed by atoms with Crippen LogP contribution in [-0.4, -0.2) is 21.0 Å². The van der Waals surface area contributed by atoms with Crippen LogP contribution in [-0.2, 0) is 29.0 Å². The van der Waals surface area contributed by atoms with Crippen molar-refractivity contribution in [2.24, 2.45) is 0 Å². The van der Waals surface area contributed by atoms with Crippen molar-refractivity contribution < 1.29 is 59.9 Å². The van der Waals surface area contributed by atoms with Gasteiger partial charge in [0.25, 0.3) is 0 Å². The summed E-state index contributed by atoms with van der Waals surface area (Å²) in [5.74, 6) is 0. The second kappa shape index (κ2) is 17.1. The summed E-state index contributed by atoms with van der Waals surface area (Å²) in [6, 6.07) is 0. The fourth-order valence-electron chi connectivity index (χ4n) is 0.403. The molecule has 0 rings (SSSR count). The standard InChI is InChI=1S/2C4H8OS2.Na.Zn.H/c2*1-3(2)5-4(6)7;;;/h2*3H,1-2H3,(H,6,7);;;/q;;+1;;-1. The average Bonchev–Trinajstić information content (AvgIpc) is 1.79. The quantitative estimate of drug-likeness (QED) is 0.420. The third kappa shape index (κ3) is 36.0. The summed E-state index contributed by atoms with van der Waals surface area (Å²) in [5, 5.41) is 0. The van der Waals surface area contributed by atoms with Crippen molar-refractivity contribution in [2.45, 2.75) is 39.9 Å². The van der Waals surface area contributed by atoms with Crippen LogP contribution in [0.5, 0.6) is 0 Å². The molecule has 0 unspecified atom stereocenters. The third-order valence-corrected chi connectivity index (χ3v) is 1.08. The van der Waals surface area contributed by atoms with Crippen LogP contribution in [0.1, 0.15) is 29.1 Å². The molecule has 0 saturated heterocycles. The molecule has 0 aliphatic carbocycles. The Morgan fingerprint density at radius 1 is 0.938 bits per heavy atom. The summed E-state index contributed by atoms with van der Waals surface area (Å²) in [6.07, 6.45) is 0.315. The van der Waals surface area contributed by atoms with E-state index in [9.17, 15) is 0 Å². The smallest absolute Gasteiger partial charge is 1.00 e. The molecule has 88 valence electrons. The SMILES string of the molecule is CC(C)OC(=S)S.CC(C)OC(=S)S.[H-].[Na+].[Zn]. The van der Waals surface area contributed by atoms with Gasteiger partial charge in [0, 0.05) is 19.5 Å². The van der Waals surface area contributed by atoms with Gasteiger partial charge in [-0.25, -0.2) is 0 Å². The molecule has 0 saturated carbocycles. The Kier molecular flexibility index (Phi) is 28.5. The van der Waals surface area contributed by atoms with E-state index in [0.29, 0.717) is 8.77 Å². The van der Waals surface area contributed by atoms with Gasteiger partial charge in [-0.05, 0) is 52.1 Å². The predicted molar refractivity (Wildman–Crippen MR) is 76.7 cm³/mol. The van der Waals surface area contributed by atoms with Gasteiger partial charge in [-0.2, -0.15) is 0 Å². The van der Waals surface area contributed by atoms with Gasteiger partial charge in [0.2, 0.25) is 8.77 Å². The minimum absolute atomic E-state index is 0. The molecular formula is C8H17NaO2S4Zn. The van der Waals surface area contributed by atoms with Crippen LogP contribution >= 0.6 is 49.7 Å². The zero-order chi connectivity index (χ0) is 11.7. The molecule has 0 aromatic rings. The topological polar surface area (TPSA) is 18.5 Å². The Hall–Kier alpha value is 2.10. The maximum atomic E-state index is 4.85. The van der Waals surface area contributed by atoms with Gasteiger partial charge in [-0.1, -0.05) is 25.3 Å². The van der Waals surface area contributed by atoms with E-state index in [1.165, 1.54) is 0 Å². The first-order valence-corrected chi connectivity index (χ1v) is 5.76. The molecule has 0 amide bonds. The summed E-state index contributed by atoms with van der Waals surface area (Å²) in [5.41, 5.74) is 0. The van der Waals surface area contributed by atoms with E-state index >= 15 is 0 Å². The predicted octanol–water partition coefficient (Wildman–Crippen LogP) is 0.366. The summed E-state index contributed by atoms with van der Waals surface area (Å²) >= 11 is 16.5. The van der Waals surface area contributed by atoms with Gasteiger partial charge in [0.15, 0.2) is 0 Å². The molecule has 0 N–H and O–H groups in total. The molecule has 0 fully saturated rings. The Labute approximate surface area is 156 Å². The Bertz CT molecular complexity index is 176. The summed E-state index contributed by atoms with van der Waals surface area (Å²) in [4.78, 5) is 0. The Morgan fingerprint density at radius 3 is 1.12 bits per heavy atom. The number of hydrogen-bond acceptors (Lipinski definition) is 4. The van der Waals surface area contributed by atoms with Gasteiger partial charge < -0.3 is 10.9 Å². The molecule has 2 nitrogen and oxygen atoms in total. The van der Waals surface area contributed by atoms with Crippen molar-refractivity contribution in [3.8, 4) is 0 Å². The fourth-order valence-corrected chi connectivity index (χ4v) is 1.21. The van der Waals surface area contributed by atoms with Crippen molar-refractivity contribution >= 4 is 58.5 Å². The number of ether oxygens (including phenoxy) is 2. The monoisotopic (exact) mass is 360 g/mol. The molecule has 0 aliphatic rings. The first-order chi connectivity index (χ1) is 6.25. The van der Waals surface area contributed by atoms with E-state index in [4.69, 9.17) is 9.47 Å². The Morgan fingerprint density at radius 2 is 1.12 bits per heavy atom. The van der Waals surface area contributed by atoms with E-state index in [0.717, 1.165) is 0 Å². The largest absolute Gasteiger partial charge is 1.00 e. The number of thiol groups is 2. The van der Waals surface area contributed by atoms with Crippen molar-refractivity contribution in [1.29, 1.82) is 0 Å². The molecule has 16 heavy (non-hydrogen) atoms. The normalized spacial score (nSPS) is 8.00. The minimum Gasteiger partial charge on any atom is -1.00 e. The van der Waals surface area contributed by atoms with E-state index in [1.807, 2.05) is 27.7 Å². The summed E-state index contributed by atoms with van der Waals surface area (Å²) in [6.45, 7) is 7.62. The van der Waals surface area contributed by atoms with Gasteiger partial charge in [0.05, 0.1) is 12.2 Å². The van der Waals surface area contributed by atoms with Crippen LogP contribution in [0.2, 0.25) is 0 Å². The van der Waals surface area contributed by atoms with Crippen LogP contribution in [0.25, 0.3) is 0 Å². The molecule has 0 spiro atoms. The van der Waals surface area contributed by atoms with Crippen LogP contribution in [0.3, 0.4) is 0 Å². The van der Waals surface area contributed by atoms with Crippen LogP contribution < -0.4 is 29.6 Å². The van der Waals surface area contributed by atoms with Gasteiger partial charge >= 0.3 is 29.6 Å². The van der Waals surface area contributed by atoms with Crippen molar-refractivity contribution in [3.05, 3.63) is 0 Å². The average molecular weight is 362 g/mol. The van der Waals surface area contributed by atoms with E-state index in [2.05, 4.69) is 49.7 Å². The number of thiocarbonyl (C=S) groups is 2. The van der Waals surface area contributed by atoms with Crippen molar-refractivity contribution in [3.63, 3.8) is 0 Å². The van der Waals surface area contributed by atoms with Crippen LogP contribution in [0.4, 0.5) is 0 Å². The number of hydrogen-bond donors (Lipinski definition) is 2. The molecule has 0 atom stereocenters. The molecule has 0 aromatic heterocycles. The van der Waals surface area contributed by atoms with Gasteiger partial charge in [0.1, 0.15) is 0 Å². The fraction of sp³-hybridized carbons (Fsp3) is 0.750. The molecule has 8 heteroatoms. The summed E-state index contributed by atoms with van der Waals surface area (Å²) in [7, 11) is 0. The second-order valence-corrected chi connectivity index (χ2v) is 5.02. The third-order valence-electron chi connectivity index (χ3n) is 0.673. The minimum atomic E-state index is 0. The zero-order valence-corrected chi connectivity index (χ0v) is 18.8. The van der Waals surface area contributed by atoms with Crippen LogP contribution in [0, 0.1) is 0 Å². The maximum Gasteiger partial charge on any atom is 1.00 e. The molecule has 0 heterocycles. The van der Waals surface area contributed by atoms with E-state index in [-0.39, 0.29) is 62.7 Å². The first kappa shape index (κ1) is 26.6. The Balaban J connectivity index is -0.0000000480. The zero-order valence-electron chi connectivity index (χ0n) is 11.4. The van der Waals surface area contributed by atoms with E-state index in [1.54, 1.807) is 0 Å². The number of rotatable bonds is 2. The molecule has 0 aliphatic heterocycles. The summed E-state index contributed by atoms with van der Waals surface area (Å²) < 4.78 is 10.3. The maximum absolute atomic E-state index is 4.85. The molecule has 0 bridgehead atoms. The van der Waals surface area contributed by atoms with Gasteiger partial charge in [-0.3, -0.25) is 0 Å². The van der Waals surface area contributed by atoms with E-state index < -0.39 is 0 Å².